The van der Waals surface area contributed by atoms with Gasteiger partial charge in [0.25, 0.3) is 0 Å². The summed E-state index contributed by atoms with van der Waals surface area (Å²) in [6.45, 7) is 11.0. The van der Waals surface area contributed by atoms with E-state index in [1.54, 1.807) is 0 Å². The van der Waals surface area contributed by atoms with Crippen LogP contribution in [0, 0.1) is 19.3 Å². The summed E-state index contributed by atoms with van der Waals surface area (Å²) in [6.07, 6.45) is 2.15. The summed E-state index contributed by atoms with van der Waals surface area (Å²) >= 11 is 0. The zero-order chi connectivity index (χ0) is 12.3. The molecule has 1 atom stereocenters. The van der Waals surface area contributed by atoms with Crippen molar-refractivity contribution in [2.45, 2.75) is 53.5 Å². The lowest BCUT2D eigenvalue weighted by molar-refractivity contribution is 0.306. The van der Waals surface area contributed by atoms with Crippen molar-refractivity contribution in [3.05, 3.63) is 34.9 Å². The SMILES string of the molecule is Cc1cccc(CCC(N)C(C)(C)C)c1C. The van der Waals surface area contributed by atoms with Gasteiger partial charge in [0, 0.05) is 6.04 Å². The van der Waals surface area contributed by atoms with Crippen LogP contribution >= 0.6 is 0 Å². The van der Waals surface area contributed by atoms with Crippen LogP contribution in [0.25, 0.3) is 0 Å². The highest BCUT2D eigenvalue weighted by Gasteiger charge is 2.20. The van der Waals surface area contributed by atoms with E-state index in [0.29, 0.717) is 0 Å². The van der Waals surface area contributed by atoms with E-state index < -0.39 is 0 Å². The molecule has 0 spiro atoms. The quantitative estimate of drug-likeness (QED) is 0.825. The minimum atomic E-state index is 0.206. The second-order valence-electron chi connectivity index (χ2n) is 5.87. The minimum Gasteiger partial charge on any atom is -0.327 e. The smallest absolute Gasteiger partial charge is 0.00908 e. The topological polar surface area (TPSA) is 26.0 Å². The predicted octanol–water partition coefficient (Wildman–Crippen LogP) is 3.61. The van der Waals surface area contributed by atoms with Gasteiger partial charge in [0.1, 0.15) is 0 Å². The Hall–Kier alpha value is -0.820. The van der Waals surface area contributed by atoms with Gasteiger partial charge in [-0.15, -0.1) is 0 Å². The van der Waals surface area contributed by atoms with E-state index in [9.17, 15) is 0 Å². The average molecular weight is 219 g/mol. The fraction of sp³-hybridized carbons (Fsp3) is 0.600. The van der Waals surface area contributed by atoms with Gasteiger partial charge in [0.15, 0.2) is 0 Å². The lowest BCUT2D eigenvalue weighted by atomic mass is 9.83. The zero-order valence-corrected chi connectivity index (χ0v) is 11.3. The Bertz CT molecular complexity index is 347. The second-order valence-corrected chi connectivity index (χ2v) is 5.87. The van der Waals surface area contributed by atoms with Crippen LogP contribution in [0.1, 0.15) is 43.9 Å². The molecular formula is C15H25N. The van der Waals surface area contributed by atoms with Crippen LogP contribution < -0.4 is 5.73 Å². The summed E-state index contributed by atoms with van der Waals surface area (Å²) in [5.41, 5.74) is 10.6. The van der Waals surface area contributed by atoms with Gasteiger partial charge in [-0.05, 0) is 48.8 Å². The first-order valence-corrected chi connectivity index (χ1v) is 6.13. The molecule has 0 amide bonds. The number of rotatable bonds is 3. The van der Waals surface area contributed by atoms with E-state index in [2.05, 4.69) is 52.8 Å². The van der Waals surface area contributed by atoms with E-state index in [0.717, 1.165) is 12.8 Å². The number of aryl methyl sites for hydroxylation is 2. The number of hydrogen-bond acceptors (Lipinski definition) is 1. The van der Waals surface area contributed by atoms with Gasteiger partial charge in [-0.2, -0.15) is 0 Å². The summed E-state index contributed by atoms with van der Waals surface area (Å²) in [5, 5.41) is 0. The maximum atomic E-state index is 6.19. The molecule has 0 saturated heterocycles. The van der Waals surface area contributed by atoms with E-state index in [1.165, 1.54) is 16.7 Å². The van der Waals surface area contributed by atoms with Crippen LogP contribution in [-0.2, 0) is 6.42 Å². The molecule has 90 valence electrons. The Balaban J connectivity index is 2.65. The summed E-state index contributed by atoms with van der Waals surface area (Å²) in [5.74, 6) is 0. The third kappa shape index (κ3) is 3.34. The molecule has 0 fully saturated rings. The van der Waals surface area contributed by atoms with E-state index in [-0.39, 0.29) is 11.5 Å². The Morgan fingerprint density at radius 3 is 2.38 bits per heavy atom. The first-order valence-electron chi connectivity index (χ1n) is 6.13. The number of hydrogen-bond donors (Lipinski definition) is 1. The highest BCUT2D eigenvalue weighted by molar-refractivity contribution is 5.33. The van der Waals surface area contributed by atoms with E-state index >= 15 is 0 Å². The summed E-state index contributed by atoms with van der Waals surface area (Å²) in [6, 6.07) is 6.80. The molecule has 1 nitrogen and oxygen atoms in total. The number of benzene rings is 1. The van der Waals surface area contributed by atoms with Gasteiger partial charge >= 0.3 is 0 Å². The van der Waals surface area contributed by atoms with Gasteiger partial charge in [0.05, 0.1) is 0 Å². The molecule has 1 heteroatoms. The molecule has 2 N–H and O–H groups in total. The molecule has 0 aliphatic carbocycles. The molecule has 0 heterocycles. The summed E-state index contributed by atoms with van der Waals surface area (Å²) in [4.78, 5) is 0. The molecule has 0 aliphatic heterocycles. The maximum Gasteiger partial charge on any atom is 0.00908 e. The van der Waals surface area contributed by atoms with Crippen molar-refractivity contribution in [1.82, 2.24) is 0 Å². The molecular weight excluding hydrogens is 194 g/mol. The first-order chi connectivity index (χ1) is 7.32. The Morgan fingerprint density at radius 1 is 1.19 bits per heavy atom. The lowest BCUT2D eigenvalue weighted by Gasteiger charge is -2.27. The molecule has 16 heavy (non-hydrogen) atoms. The lowest BCUT2D eigenvalue weighted by Crippen LogP contribution is -2.35. The number of nitrogens with two attached hydrogens (primary N) is 1. The summed E-state index contributed by atoms with van der Waals surface area (Å²) in [7, 11) is 0. The van der Waals surface area contributed by atoms with E-state index in [1.807, 2.05) is 0 Å². The molecule has 1 rings (SSSR count). The molecule has 0 radical (unpaired) electrons. The van der Waals surface area contributed by atoms with Crippen molar-refractivity contribution in [1.29, 1.82) is 0 Å². The Morgan fingerprint density at radius 2 is 1.81 bits per heavy atom. The van der Waals surface area contributed by atoms with Crippen LogP contribution in [0.5, 0.6) is 0 Å². The zero-order valence-electron chi connectivity index (χ0n) is 11.3. The van der Waals surface area contributed by atoms with Crippen molar-refractivity contribution in [3.63, 3.8) is 0 Å². The van der Waals surface area contributed by atoms with Crippen molar-refractivity contribution >= 4 is 0 Å². The minimum absolute atomic E-state index is 0.206. The molecule has 1 unspecified atom stereocenters. The van der Waals surface area contributed by atoms with Crippen molar-refractivity contribution in [3.8, 4) is 0 Å². The maximum absolute atomic E-state index is 6.19. The molecule has 1 aromatic carbocycles. The van der Waals surface area contributed by atoms with E-state index in [4.69, 9.17) is 5.73 Å². The highest BCUT2D eigenvalue weighted by Crippen LogP contribution is 2.22. The van der Waals surface area contributed by atoms with Crippen molar-refractivity contribution < 1.29 is 0 Å². The molecule has 0 aromatic heterocycles. The Labute approximate surface area is 100 Å². The molecule has 1 aromatic rings. The fourth-order valence-electron chi connectivity index (χ4n) is 1.83. The third-order valence-corrected chi connectivity index (χ3v) is 3.55. The van der Waals surface area contributed by atoms with Gasteiger partial charge in [0.2, 0.25) is 0 Å². The monoisotopic (exact) mass is 219 g/mol. The molecule has 0 bridgehead atoms. The Kier molecular flexibility index (Phi) is 4.15. The van der Waals surface area contributed by atoms with Crippen LogP contribution in [0.15, 0.2) is 18.2 Å². The first kappa shape index (κ1) is 13.2. The average Bonchev–Trinajstić information content (AvgIpc) is 2.18. The van der Waals surface area contributed by atoms with Crippen LogP contribution in [0.4, 0.5) is 0 Å². The normalized spacial score (nSPS) is 13.9. The standard InChI is InChI=1S/C15H25N/c1-11-7-6-8-13(12(11)2)9-10-14(16)15(3,4)5/h6-8,14H,9-10,16H2,1-5H3. The van der Waals surface area contributed by atoms with Crippen molar-refractivity contribution in [2.24, 2.45) is 11.1 Å². The highest BCUT2D eigenvalue weighted by atomic mass is 14.7. The molecule has 0 saturated carbocycles. The van der Waals surface area contributed by atoms with Gasteiger partial charge in [-0.1, -0.05) is 39.0 Å². The summed E-state index contributed by atoms with van der Waals surface area (Å²) < 4.78 is 0. The van der Waals surface area contributed by atoms with Crippen LogP contribution in [-0.4, -0.2) is 6.04 Å². The molecule has 0 aliphatic rings. The fourth-order valence-corrected chi connectivity index (χ4v) is 1.83. The predicted molar refractivity (Wildman–Crippen MR) is 71.7 cm³/mol. The van der Waals surface area contributed by atoms with Gasteiger partial charge in [-0.25, -0.2) is 0 Å². The van der Waals surface area contributed by atoms with Crippen molar-refractivity contribution in [2.75, 3.05) is 0 Å². The van der Waals surface area contributed by atoms with Gasteiger partial charge in [-0.3, -0.25) is 0 Å². The van der Waals surface area contributed by atoms with Crippen LogP contribution in [0.2, 0.25) is 0 Å². The van der Waals surface area contributed by atoms with Gasteiger partial charge < -0.3 is 5.73 Å². The van der Waals surface area contributed by atoms with Crippen LogP contribution in [0.3, 0.4) is 0 Å². The second kappa shape index (κ2) is 5.01. The third-order valence-electron chi connectivity index (χ3n) is 3.55. The largest absolute Gasteiger partial charge is 0.327 e.